The first-order valence-corrected chi connectivity index (χ1v) is 7.72. The zero-order valence-corrected chi connectivity index (χ0v) is 13.5. The molecule has 1 aromatic carbocycles. The lowest BCUT2D eigenvalue weighted by Gasteiger charge is -2.13. The zero-order chi connectivity index (χ0) is 17.9. The summed E-state index contributed by atoms with van der Waals surface area (Å²) in [7, 11) is 1.70. The van der Waals surface area contributed by atoms with Gasteiger partial charge in [0.25, 0.3) is 0 Å². The number of halogens is 3. The number of hydrogen-bond acceptors (Lipinski definition) is 3. The molecule has 0 aliphatic rings. The van der Waals surface area contributed by atoms with Gasteiger partial charge in [-0.25, -0.2) is 4.98 Å². The van der Waals surface area contributed by atoms with Gasteiger partial charge in [0, 0.05) is 7.05 Å². The summed E-state index contributed by atoms with van der Waals surface area (Å²) in [5.74, 6) is -0.450. The van der Waals surface area contributed by atoms with Crippen LogP contribution >= 0.6 is 0 Å². The lowest BCUT2D eigenvalue weighted by molar-refractivity contribution is -0.140. The topological polar surface area (TPSA) is 67.2 Å². The second-order valence-corrected chi connectivity index (χ2v) is 5.70. The number of nitrogens with one attached hydrogen (secondary N) is 1. The summed E-state index contributed by atoms with van der Waals surface area (Å²) in [5.41, 5.74) is 0.0590. The number of fused-ring (bicyclic) bond motifs is 1. The van der Waals surface area contributed by atoms with E-state index < -0.39 is 23.8 Å². The highest BCUT2D eigenvalue weighted by atomic mass is 19.4. The summed E-state index contributed by atoms with van der Waals surface area (Å²) in [6.45, 7) is 2.15. The smallest absolute Gasteiger partial charge is 0.416 e. The third-order valence-corrected chi connectivity index (χ3v) is 3.95. The van der Waals surface area contributed by atoms with Gasteiger partial charge >= 0.3 is 12.1 Å². The number of rotatable bonds is 7. The standard InChI is InChI=1S/C16H20F3N3O2/c1-3-4-5-11(15(23)24)20-9-14-21-12-8-10(16(17,18)19)6-7-13(12)22(14)2/h6-8,11,20H,3-5,9H2,1-2H3,(H,23,24)/t11-/m0/s1. The van der Waals surface area contributed by atoms with E-state index in [9.17, 15) is 23.1 Å². The first-order valence-electron chi connectivity index (χ1n) is 7.72. The third-order valence-electron chi connectivity index (χ3n) is 3.95. The number of alkyl halides is 3. The van der Waals surface area contributed by atoms with Crippen molar-refractivity contribution in [3.05, 3.63) is 29.6 Å². The molecule has 0 amide bonds. The van der Waals surface area contributed by atoms with E-state index in [1.54, 1.807) is 11.6 Å². The van der Waals surface area contributed by atoms with Gasteiger partial charge in [-0.15, -0.1) is 0 Å². The van der Waals surface area contributed by atoms with Crippen LogP contribution in [-0.4, -0.2) is 26.7 Å². The van der Waals surface area contributed by atoms with Crippen LogP contribution in [0.15, 0.2) is 18.2 Å². The minimum absolute atomic E-state index is 0.174. The fraction of sp³-hybridized carbons (Fsp3) is 0.500. The lowest BCUT2D eigenvalue weighted by Crippen LogP contribution is -2.36. The molecule has 5 nitrogen and oxygen atoms in total. The van der Waals surface area contributed by atoms with Gasteiger partial charge in [0.05, 0.1) is 23.1 Å². The predicted octanol–water partition coefficient (Wildman–Crippen LogP) is 3.33. The van der Waals surface area contributed by atoms with Gasteiger partial charge < -0.3 is 9.67 Å². The zero-order valence-electron chi connectivity index (χ0n) is 13.5. The third kappa shape index (κ3) is 4.05. The molecule has 0 spiro atoms. The number of aliphatic carboxylic acids is 1. The molecular formula is C16H20F3N3O2. The van der Waals surface area contributed by atoms with E-state index >= 15 is 0 Å². The van der Waals surface area contributed by atoms with E-state index in [0.29, 0.717) is 17.8 Å². The summed E-state index contributed by atoms with van der Waals surface area (Å²) in [6, 6.07) is 2.70. The van der Waals surface area contributed by atoms with Crippen molar-refractivity contribution in [2.24, 2.45) is 7.05 Å². The van der Waals surface area contributed by atoms with Crippen molar-refractivity contribution in [2.75, 3.05) is 0 Å². The normalized spacial score (nSPS) is 13.4. The van der Waals surface area contributed by atoms with Crippen molar-refractivity contribution in [2.45, 2.75) is 44.9 Å². The quantitative estimate of drug-likeness (QED) is 0.809. The second kappa shape index (κ2) is 7.21. The summed E-state index contributed by atoms with van der Waals surface area (Å²) in [4.78, 5) is 15.4. The Kier molecular flexibility index (Phi) is 5.48. The van der Waals surface area contributed by atoms with Crippen LogP contribution < -0.4 is 5.32 Å². The van der Waals surface area contributed by atoms with Crippen LogP contribution in [-0.2, 0) is 24.6 Å². The summed E-state index contributed by atoms with van der Waals surface area (Å²) in [5, 5.41) is 12.1. The maximum absolute atomic E-state index is 12.8. The Hall–Kier alpha value is -2.09. The molecule has 0 fully saturated rings. The van der Waals surface area contributed by atoms with E-state index in [0.717, 1.165) is 25.0 Å². The number of carboxylic acids is 1. The van der Waals surface area contributed by atoms with E-state index in [1.165, 1.54) is 6.07 Å². The van der Waals surface area contributed by atoms with Gasteiger partial charge in [0.15, 0.2) is 0 Å². The molecule has 0 bridgehead atoms. The van der Waals surface area contributed by atoms with Gasteiger partial charge in [-0.2, -0.15) is 13.2 Å². The van der Waals surface area contributed by atoms with E-state index in [2.05, 4.69) is 10.3 Å². The first kappa shape index (κ1) is 18.3. The highest BCUT2D eigenvalue weighted by Gasteiger charge is 2.31. The van der Waals surface area contributed by atoms with Crippen LogP contribution in [0.3, 0.4) is 0 Å². The van der Waals surface area contributed by atoms with Crippen molar-refractivity contribution < 1.29 is 23.1 Å². The maximum atomic E-state index is 12.8. The number of unbranched alkanes of at least 4 members (excludes halogenated alkanes) is 1. The van der Waals surface area contributed by atoms with E-state index in [1.807, 2.05) is 6.92 Å². The predicted molar refractivity (Wildman–Crippen MR) is 83.5 cm³/mol. The average molecular weight is 343 g/mol. The Morgan fingerprint density at radius 3 is 2.71 bits per heavy atom. The molecule has 0 aliphatic heterocycles. The number of hydrogen-bond donors (Lipinski definition) is 2. The van der Waals surface area contributed by atoms with Gasteiger partial charge in [0.2, 0.25) is 0 Å². The lowest BCUT2D eigenvalue weighted by atomic mass is 10.1. The summed E-state index contributed by atoms with van der Waals surface area (Å²) in [6.07, 6.45) is -2.26. The number of aryl methyl sites for hydroxylation is 1. The molecule has 1 aromatic heterocycles. The number of benzene rings is 1. The SMILES string of the molecule is CCCC[C@H](NCc1nc2cc(C(F)(F)F)ccc2n1C)C(=O)O. The molecule has 2 aromatic rings. The Morgan fingerprint density at radius 1 is 1.42 bits per heavy atom. The number of nitrogens with zero attached hydrogens (tertiary/aromatic N) is 2. The molecule has 8 heteroatoms. The minimum Gasteiger partial charge on any atom is -0.480 e. The Balaban J connectivity index is 2.20. The largest absolute Gasteiger partial charge is 0.480 e. The fourth-order valence-electron chi connectivity index (χ4n) is 2.52. The van der Waals surface area contributed by atoms with Gasteiger partial charge in [0.1, 0.15) is 11.9 Å². The van der Waals surface area contributed by atoms with Crippen molar-refractivity contribution in [3.8, 4) is 0 Å². The number of aromatic nitrogens is 2. The van der Waals surface area contributed by atoms with Crippen LogP contribution in [0.1, 0.15) is 37.6 Å². The van der Waals surface area contributed by atoms with Gasteiger partial charge in [-0.1, -0.05) is 19.8 Å². The molecule has 0 unspecified atom stereocenters. The summed E-state index contributed by atoms with van der Waals surface area (Å²) >= 11 is 0. The molecule has 132 valence electrons. The van der Waals surface area contributed by atoms with Crippen molar-refractivity contribution >= 4 is 17.0 Å². The van der Waals surface area contributed by atoms with E-state index in [-0.39, 0.29) is 12.1 Å². The average Bonchev–Trinajstić information content (AvgIpc) is 2.82. The number of carbonyl (C=O) groups is 1. The van der Waals surface area contributed by atoms with Gasteiger partial charge in [-0.05, 0) is 24.6 Å². The monoisotopic (exact) mass is 343 g/mol. The second-order valence-electron chi connectivity index (χ2n) is 5.70. The molecule has 2 rings (SSSR count). The van der Waals surface area contributed by atoms with Crippen LogP contribution in [0.5, 0.6) is 0 Å². The molecule has 1 heterocycles. The molecule has 0 saturated carbocycles. The Bertz CT molecular complexity index is 725. The summed E-state index contributed by atoms with van der Waals surface area (Å²) < 4.78 is 40.0. The van der Waals surface area contributed by atoms with Crippen LogP contribution in [0.25, 0.3) is 11.0 Å². The molecular weight excluding hydrogens is 323 g/mol. The van der Waals surface area contributed by atoms with Gasteiger partial charge in [-0.3, -0.25) is 10.1 Å². The molecule has 2 N–H and O–H groups in total. The highest BCUT2D eigenvalue weighted by Crippen LogP contribution is 2.31. The molecule has 0 radical (unpaired) electrons. The Labute approximate surface area is 137 Å². The van der Waals surface area contributed by atoms with Crippen LogP contribution in [0.2, 0.25) is 0 Å². The molecule has 1 atom stereocenters. The minimum atomic E-state index is -4.42. The van der Waals surface area contributed by atoms with Crippen molar-refractivity contribution in [1.29, 1.82) is 0 Å². The number of imidazole rings is 1. The van der Waals surface area contributed by atoms with Crippen molar-refractivity contribution in [3.63, 3.8) is 0 Å². The number of carboxylic acid groups (broad SMARTS) is 1. The Morgan fingerprint density at radius 2 is 2.12 bits per heavy atom. The van der Waals surface area contributed by atoms with Crippen LogP contribution in [0.4, 0.5) is 13.2 Å². The first-order chi connectivity index (χ1) is 11.2. The maximum Gasteiger partial charge on any atom is 0.416 e. The molecule has 0 aliphatic carbocycles. The molecule has 0 saturated heterocycles. The molecule has 24 heavy (non-hydrogen) atoms. The highest BCUT2D eigenvalue weighted by molar-refractivity contribution is 5.77. The van der Waals surface area contributed by atoms with E-state index in [4.69, 9.17) is 0 Å². The van der Waals surface area contributed by atoms with Crippen molar-refractivity contribution in [1.82, 2.24) is 14.9 Å². The fourth-order valence-corrected chi connectivity index (χ4v) is 2.52. The van der Waals surface area contributed by atoms with Crippen LogP contribution in [0, 0.1) is 0 Å².